The van der Waals surface area contributed by atoms with E-state index in [1.165, 1.54) is 0 Å². The number of nitrogens with zero attached hydrogens (tertiary/aromatic N) is 1. The molecule has 0 radical (unpaired) electrons. The maximum atomic E-state index is 5.25. The second-order valence-electron chi connectivity index (χ2n) is 3.71. The van der Waals surface area contributed by atoms with E-state index in [1.807, 2.05) is 30.5 Å². The number of rotatable bonds is 6. The lowest BCUT2D eigenvalue weighted by atomic mass is 10.2. The predicted molar refractivity (Wildman–Crippen MR) is 64.9 cm³/mol. The van der Waals surface area contributed by atoms with Crippen molar-refractivity contribution in [3.05, 3.63) is 48.0 Å². The molecule has 90 valence electrons. The first-order chi connectivity index (χ1) is 8.38. The van der Waals surface area contributed by atoms with Crippen molar-refractivity contribution in [2.24, 2.45) is 0 Å². The summed E-state index contributed by atoms with van der Waals surface area (Å²) >= 11 is 0. The Morgan fingerprint density at radius 2 is 2.29 bits per heavy atom. The Bertz CT molecular complexity index is 423. The van der Waals surface area contributed by atoms with E-state index in [0.29, 0.717) is 5.88 Å². The van der Waals surface area contributed by atoms with Gasteiger partial charge in [-0.2, -0.15) is 0 Å². The maximum Gasteiger partial charge on any atom is 0.212 e. The second kappa shape index (κ2) is 6.06. The van der Waals surface area contributed by atoms with Crippen molar-refractivity contribution in [2.75, 3.05) is 13.7 Å². The van der Waals surface area contributed by atoms with Crippen LogP contribution < -0.4 is 10.1 Å². The van der Waals surface area contributed by atoms with Gasteiger partial charge in [0.25, 0.3) is 0 Å². The Morgan fingerprint density at radius 3 is 2.94 bits per heavy atom. The van der Waals surface area contributed by atoms with Crippen molar-refractivity contribution >= 4 is 0 Å². The van der Waals surface area contributed by atoms with Crippen LogP contribution in [-0.4, -0.2) is 18.6 Å². The molecule has 0 amide bonds. The predicted octanol–water partition coefficient (Wildman–Crippen LogP) is 2.02. The number of ether oxygens (including phenoxy) is 1. The zero-order valence-electron chi connectivity index (χ0n) is 9.85. The van der Waals surface area contributed by atoms with Crippen molar-refractivity contribution in [1.29, 1.82) is 0 Å². The van der Waals surface area contributed by atoms with Gasteiger partial charge < -0.3 is 14.5 Å². The molecule has 0 unspecified atom stereocenters. The van der Waals surface area contributed by atoms with Gasteiger partial charge in [0, 0.05) is 31.8 Å². The Hall–Kier alpha value is -1.81. The van der Waals surface area contributed by atoms with Gasteiger partial charge in [0.1, 0.15) is 5.76 Å². The average Bonchev–Trinajstić information content (AvgIpc) is 2.88. The van der Waals surface area contributed by atoms with E-state index < -0.39 is 0 Å². The van der Waals surface area contributed by atoms with Gasteiger partial charge >= 0.3 is 0 Å². The molecule has 2 aromatic rings. The minimum atomic E-state index is 0.643. The summed E-state index contributed by atoms with van der Waals surface area (Å²) in [7, 11) is 1.61. The summed E-state index contributed by atoms with van der Waals surface area (Å²) in [5.74, 6) is 1.65. The summed E-state index contributed by atoms with van der Waals surface area (Å²) in [6, 6.07) is 7.76. The van der Waals surface area contributed by atoms with Crippen LogP contribution in [0.25, 0.3) is 0 Å². The first-order valence-electron chi connectivity index (χ1n) is 5.60. The molecular weight excluding hydrogens is 216 g/mol. The Labute approximate surface area is 101 Å². The molecule has 0 saturated heterocycles. The number of aromatic nitrogens is 1. The molecule has 4 nitrogen and oxygen atoms in total. The van der Waals surface area contributed by atoms with Gasteiger partial charge in [-0.1, -0.05) is 6.07 Å². The Kier molecular flexibility index (Phi) is 4.16. The highest BCUT2D eigenvalue weighted by atomic mass is 16.5. The molecule has 2 heterocycles. The topological polar surface area (TPSA) is 47.3 Å². The maximum absolute atomic E-state index is 5.25. The van der Waals surface area contributed by atoms with E-state index >= 15 is 0 Å². The van der Waals surface area contributed by atoms with Crippen molar-refractivity contribution in [3.63, 3.8) is 0 Å². The lowest BCUT2D eigenvalue weighted by Crippen LogP contribution is -2.16. The fourth-order valence-corrected chi connectivity index (χ4v) is 1.54. The summed E-state index contributed by atoms with van der Waals surface area (Å²) < 4.78 is 10.2. The molecule has 0 atom stereocenters. The van der Waals surface area contributed by atoms with Crippen LogP contribution in [0.3, 0.4) is 0 Å². The number of pyridine rings is 1. The summed E-state index contributed by atoms with van der Waals surface area (Å²) in [6.07, 6.45) is 4.41. The highest BCUT2D eigenvalue weighted by Gasteiger charge is 1.97. The molecule has 0 aromatic carbocycles. The van der Waals surface area contributed by atoms with Crippen LogP contribution in [0.4, 0.5) is 0 Å². The molecule has 0 fully saturated rings. The van der Waals surface area contributed by atoms with E-state index in [0.717, 1.165) is 30.8 Å². The van der Waals surface area contributed by atoms with Crippen LogP contribution in [0, 0.1) is 0 Å². The largest absolute Gasteiger partial charge is 0.481 e. The molecule has 2 rings (SSSR count). The average molecular weight is 232 g/mol. The van der Waals surface area contributed by atoms with Crippen LogP contribution >= 0.6 is 0 Å². The normalized spacial score (nSPS) is 10.4. The highest BCUT2D eigenvalue weighted by Crippen LogP contribution is 2.06. The minimum absolute atomic E-state index is 0.643. The third-order valence-corrected chi connectivity index (χ3v) is 2.46. The van der Waals surface area contributed by atoms with E-state index in [-0.39, 0.29) is 0 Å². The number of furan rings is 1. The molecule has 0 aliphatic carbocycles. The van der Waals surface area contributed by atoms with E-state index in [2.05, 4.69) is 10.3 Å². The fraction of sp³-hybridized carbons (Fsp3) is 0.308. The third-order valence-electron chi connectivity index (χ3n) is 2.46. The highest BCUT2D eigenvalue weighted by molar-refractivity contribution is 5.17. The van der Waals surface area contributed by atoms with Gasteiger partial charge in [0.05, 0.1) is 13.4 Å². The lowest BCUT2D eigenvalue weighted by Gasteiger charge is -2.04. The van der Waals surface area contributed by atoms with Crippen LogP contribution in [0.1, 0.15) is 11.3 Å². The zero-order chi connectivity index (χ0) is 11.9. The summed E-state index contributed by atoms with van der Waals surface area (Å²) in [6.45, 7) is 1.69. The quantitative estimate of drug-likeness (QED) is 0.774. The monoisotopic (exact) mass is 232 g/mol. The van der Waals surface area contributed by atoms with Crippen LogP contribution in [0.2, 0.25) is 0 Å². The first-order valence-corrected chi connectivity index (χ1v) is 5.60. The van der Waals surface area contributed by atoms with Crippen LogP contribution in [0.5, 0.6) is 5.88 Å². The van der Waals surface area contributed by atoms with E-state index in [1.54, 1.807) is 13.4 Å². The third kappa shape index (κ3) is 3.60. The van der Waals surface area contributed by atoms with E-state index in [9.17, 15) is 0 Å². The molecule has 0 saturated carbocycles. The molecular formula is C13H16N2O2. The summed E-state index contributed by atoms with van der Waals surface area (Å²) in [5, 5.41) is 3.34. The molecule has 1 N–H and O–H groups in total. The van der Waals surface area contributed by atoms with Gasteiger partial charge in [0.15, 0.2) is 0 Å². The number of hydrogen-bond donors (Lipinski definition) is 1. The van der Waals surface area contributed by atoms with Crippen molar-refractivity contribution < 1.29 is 9.15 Å². The Balaban J connectivity index is 1.70. The standard InChI is InChI=1S/C13H16N2O2/c1-16-13-5-4-11(10-15-13)9-14-7-6-12-3-2-8-17-12/h2-5,8,10,14H,6-7,9H2,1H3. The molecule has 0 aliphatic rings. The van der Waals surface area contributed by atoms with Crippen molar-refractivity contribution in [1.82, 2.24) is 10.3 Å². The van der Waals surface area contributed by atoms with Crippen molar-refractivity contribution in [2.45, 2.75) is 13.0 Å². The van der Waals surface area contributed by atoms with Gasteiger partial charge in [-0.3, -0.25) is 0 Å². The number of hydrogen-bond acceptors (Lipinski definition) is 4. The Morgan fingerprint density at radius 1 is 1.35 bits per heavy atom. The SMILES string of the molecule is COc1ccc(CNCCc2ccco2)cn1. The molecule has 17 heavy (non-hydrogen) atoms. The van der Waals surface area contributed by atoms with Gasteiger partial charge in [0.2, 0.25) is 5.88 Å². The molecule has 0 spiro atoms. The fourth-order valence-electron chi connectivity index (χ4n) is 1.54. The summed E-state index contributed by atoms with van der Waals surface area (Å²) in [4.78, 5) is 4.15. The minimum Gasteiger partial charge on any atom is -0.481 e. The van der Waals surface area contributed by atoms with Gasteiger partial charge in [-0.05, 0) is 17.7 Å². The zero-order valence-corrected chi connectivity index (χ0v) is 9.85. The van der Waals surface area contributed by atoms with Crippen LogP contribution in [-0.2, 0) is 13.0 Å². The van der Waals surface area contributed by atoms with Gasteiger partial charge in [-0.15, -0.1) is 0 Å². The number of methoxy groups -OCH3 is 1. The van der Waals surface area contributed by atoms with Crippen LogP contribution in [0.15, 0.2) is 41.1 Å². The lowest BCUT2D eigenvalue weighted by molar-refractivity contribution is 0.397. The molecule has 0 aliphatic heterocycles. The number of nitrogens with one attached hydrogen (secondary N) is 1. The van der Waals surface area contributed by atoms with Gasteiger partial charge in [-0.25, -0.2) is 4.98 Å². The molecule has 4 heteroatoms. The van der Waals surface area contributed by atoms with Crippen molar-refractivity contribution in [3.8, 4) is 5.88 Å². The van der Waals surface area contributed by atoms with E-state index in [4.69, 9.17) is 9.15 Å². The summed E-state index contributed by atoms with van der Waals surface area (Å²) in [5.41, 5.74) is 1.14. The smallest absolute Gasteiger partial charge is 0.212 e. The molecule has 2 aromatic heterocycles. The second-order valence-corrected chi connectivity index (χ2v) is 3.71. The first kappa shape index (κ1) is 11.7. The molecule has 0 bridgehead atoms.